The number of ketones is 1. The quantitative estimate of drug-likeness (QED) is 0.764. The third-order valence-electron chi connectivity index (χ3n) is 3.49. The highest BCUT2D eigenvalue weighted by Gasteiger charge is 2.38. The van der Waals surface area contributed by atoms with Gasteiger partial charge in [0.2, 0.25) is 5.92 Å². The van der Waals surface area contributed by atoms with Crippen molar-refractivity contribution in [3.05, 3.63) is 35.4 Å². The van der Waals surface area contributed by atoms with Crippen LogP contribution in [0.25, 0.3) is 0 Å². The van der Waals surface area contributed by atoms with Gasteiger partial charge in [-0.05, 0) is 24.5 Å². The molecule has 1 nitrogen and oxygen atoms in total. The first-order chi connectivity index (χ1) is 8.89. The standard InChI is InChI=1S/C14H14F4O/c15-11-5-1-3-9(13(11)16)7-12(19)10-4-2-6-14(17,18)8-10/h1,3,5,10H,2,4,6-8H2. The first-order valence-electron chi connectivity index (χ1n) is 6.22. The molecule has 0 bridgehead atoms. The first-order valence-corrected chi connectivity index (χ1v) is 6.22. The maximum absolute atomic E-state index is 13.4. The van der Waals surface area contributed by atoms with Crippen molar-refractivity contribution in [1.29, 1.82) is 0 Å². The molecule has 5 heteroatoms. The van der Waals surface area contributed by atoms with Gasteiger partial charge in [-0.25, -0.2) is 17.6 Å². The van der Waals surface area contributed by atoms with E-state index in [1.807, 2.05) is 0 Å². The van der Waals surface area contributed by atoms with E-state index in [1.165, 1.54) is 12.1 Å². The number of hydrogen-bond acceptors (Lipinski definition) is 1. The zero-order valence-electron chi connectivity index (χ0n) is 10.3. The van der Waals surface area contributed by atoms with Crippen LogP contribution in [0.5, 0.6) is 0 Å². The van der Waals surface area contributed by atoms with Crippen LogP contribution in [-0.2, 0) is 11.2 Å². The summed E-state index contributed by atoms with van der Waals surface area (Å²) in [5, 5.41) is 0. The smallest absolute Gasteiger partial charge is 0.248 e. The molecule has 1 saturated carbocycles. The normalized spacial score (nSPS) is 22.2. The Labute approximate surface area is 108 Å². The molecule has 0 N–H and O–H groups in total. The largest absolute Gasteiger partial charge is 0.299 e. The van der Waals surface area contributed by atoms with Gasteiger partial charge in [0, 0.05) is 25.2 Å². The first kappa shape index (κ1) is 14.0. The second-order valence-corrected chi connectivity index (χ2v) is 5.01. The fourth-order valence-electron chi connectivity index (χ4n) is 2.46. The average molecular weight is 274 g/mol. The van der Waals surface area contributed by atoms with E-state index in [4.69, 9.17) is 0 Å². The number of benzene rings is 1. The number of alkyl halides is 2. The molecule has 104 valence electrons. The van der Waals surface area contributed by atoms with Crippen LogP contribution < -0.4 is 0 Å². The number of rotatable bonds is 3. The minimum atomic E-state index is -2.82. The van der Waals surface area contributed by atoms with E-state index in [0.717, 1.165) is 6.07 Å². The molecule has 0 aliphatic heterocycles. The zero-order valence-corrected chi connectivity index (χ0v) is 10.3. The molecule has 0 saturated heterocycles. The Kier molecular flexibility index (Phi) is 3.92. The molecule has 1 aromatic carbocycles. The third kappa shape index (κ3) is 3.33. The summed E-state index contributed by atoms with van der Waals surface area (Å²) in [5.74, 6) is -6.12. The molecular formula is C14H14F4O. The monoisotopic (exact) mass is 274 g/mol. The van der Waals surface area contributed by atoms with Crippen molar-refractivity contribution in [1.82, 2.24) is 0 Å². The highest BCUT2D eigenvalue weighted by atomic mass is 19.3. The summed E-state index contributed by atoms with van der Waals surface area (Å²) in [6.07, 6.45) is -0.335. The van der Waals surface area contributed by atoms with Crippen LogP contribution >= 0.6 is 0 Å². The lowest BCUT2D eigenvalue weighted by Crippen LogP contribution is -2.31. The number of Topliss-reactive ketones (excluding diaryl/α,β-unsaturated/α-hetero) is 1. The summed E-state index contributed by atoms with van der Waals surface area (Å²) in [6.45, 7) is 0. The van der Waals surface area contributed by atoms with Crippen LogP contribution in [0.4, 0.5) is 17.6 Å². The van der Waals surface area contributed by atoms with Gasteiger partial charge in [-0.3, -0.25) is 4.79 Å². The molecule has 1 aromatic rings. The Bertz CT molecular complexity index is 484. The van der Waals surface area contributed by atoms with Crippen molar-refractivity contribution >= 4 is 5.78 Å². The van der Waals surface area contributed by atoms with Gasteiger partial charge in [-0.1, -0.05) is 12.1 Å². The Morgan fingerprint density at radius 2 is 2.05 bits per heavy atom. The highest BCUT2D eigenvalue weighted by Crippen LogP contribution is 2.37. The van der Waals surface area contributed by atoms with Crippen molar-refractivity contribution in [3.63, 3.8) is 0 Å². The second-order valence-electron chi connectivity index (χ2n) is 5.01. The SMILES string of the molecule is O=C(Cc1cccc(F)c1F)C1CCCC(F)(F)C1. The van der Waals surface area contributed by atoms with Crippen LogP contribution in [0.1, 0.15) is 31.2 Å². The average Bonchev–Trinajstić information content (AvgIpc) is 2.33. The van der Waals surface area contributed by atoms with Crippen LogP contribution in [-0.4, -0.2) is 11.7 Å². The molecule has 0 spiro atoms. The summed E-state index contributed by atoms with van der Waals surface area (Å²) in [7, 11) is 0. The van der Waals surface area contributed by atoms with E-state index in [0.29, 0.717) is 6.42 Å². The Morgan fingerprint density at radius 1 is 1.32 bits per heavy atom. The minimum absolute atomic E-state index is 0.0705. The van der Waals surface area contributed by atoms with E-state index in [1.54, 1.807) is 0 Å². The van der Waals surface area contributed by atoms with Crippen molar-refractivity contribution in [3.8, 4) is 0 Å². The molecule has 0 radical (unpaired) electrons. The number of halogens is 4. The number of carbonyl (C=O) groups is 1. The Morgan fingerprint density at radius 3 is 2.74 bits per heavy atom. The predicted octanol–water partition coefficient (Wildman–Crippen LogP) is 3.90. The summed E-state index contributed by atoms with van der Waals surface area (Å²) in [6, 6.07) is 3.56. The van der Waals surface area contributed by atoms with E-state index in [-0.39, 0.29) is 24.8 Å². The van der Waals surface area contributed by atoms with Crippen LogP contribution in [0.15, 0.2) is 18.2 Å². The summed E-state index contributed by atoms with van der Waals surface area (Å²) >= 11 is 0. The Balaban J connectivity index is 2.07. The maximum Gasteiger partial charge on any atom is 0.248 e. The van der Waals surface area contributed by atoms with Gasteiger partial charge in [0.05, 0.1) is 0 Å². The number of hydrogen-bond donors (Lipinski definition) is 0. The maximum atomic E-state index is 13.4. The molecule has 19 heavy (non-hydrogen) atoms. The fourth-order valence-corrected chi connectivity index (χ4v) is 2.46. The van der Waals surface area contributed by atoms with Gasteiger partial charge < -0.3 is 0 Å². The van der Waals surface area contributed by atoms with E-state index < -0.39 is 35.7 Å². The molecule has 0 aromatic heterocycles. The predicted molar refractivity (Wildman–Crippen MR) is 62.0 cm³/mol. The van der Waals surface area contributed by atoms with Gasteiger partial charge in [0.1, 0.15) is 5.78 Å². The third-order valence-corrected chi connectivity index (χ3v) is 3.49. The van der Waals surface area contributed by atoms with Gasteiger partial charge in [0.15, 0.2) is 11.6 Å². The van der Waals surface area contributed by atoms with Crippen LogP contribution in [0, 0.1) is 17.6 Å². The zero-order chi connectivity index (χ0) is 14.0. The Hall–Kier alpha value is -1.39. The van der Waals surface area contributed by atoms with Crippen molar-refractivity contribution in [2.24, 2.45) is 5.92 Å². The summed E-state index contributed by atoms with van der Waals surface area (Å²) < 4.78 is 52.8. The second kappa shape index (κ2) is 5.31. The lowest BCUT2D eigenvalue weighted by molar-refractivity contribution is -0.129. The molecule has 0 heterocycles. The van der Waals surface area contributed by atoms with Gasteiger partial charge in [-0.15, -0.1) is 0 Å². The number of carbonyl (C=O) groups excluding carboxylic acids is 1. The molecule has 0 amide bonds. The molecule has 2 rings (SSSR count). The van der Waals surface area contributed by atoms with E-state index >= 15 is 0 Å². The van der Waals surface area contributed by atoms with Crippen LogP contribution in [0.3, 0.4) is 0 Å². The molecule has 1 aliphatic rings. The highest BCUT2D eigenvalue weighted by molar-refractivity contribution is 5.83. The van der Waals surface area contributed by atoms with Crippen LogP contribution in [0.2, 0.25) is 0 Å². The molecule has 1 atom stereocenters. The summed E-state index contributed by atoms with van der Waals surface area (Å²) in [5.41, 5.74) is -0.0705. The van der Waals surface area contributed by atoms with Gasteiger partial charge in [0.25, 0.3) is 0 Å². The molecule has 1 fully saturated rings. The minimum Gasteiger partial charge on any atom is -0.299 e. The topological polar surface area (TPSA) is 17.1 Å². The molecule has 1 aliphatic carbocycles. The lowest BCUT2D eigenvalue weighted by Gasteiger charge is -2.27. The fraction of sp³-hybridized carbons (Fsp3) is 0.500. The molecular weight excluding hydrogens is 260 g/mol. The van der Waals surface area contributed by atoms with Gasteiger partial charge in [-0.2, -0.15) is 0 Å². The summed E-state index contributed by atoms with van der Waals surface area (Å²) in [4.78, 5) is 11.9. The van der Waals surface area contributed by atoms with Gasteiger partial charge >= 0.3 is 0 Å². The van der Waals surface area contributed by atoms with E-state index in [2.05, 4.69) is 0 Å². The van der Waals surface area contributed by atoms with E-state index in [9.17, 15) is 22.4 Å². The van der Waals surface area contributed by atoms with Crippen molar-refractivity contribution in [2.75, 3.05) is 0 Å². The van der Waals surface area contributed by atoms with Crippen molar-refractivity contribution < 1.29 is 22.4 Å². The lowest BCUT2D eigenvalue weighted by atomic mass is 9.82. The van der Waals surface area contributed by atoms with Crippen molar-refractivity contribution in [2.45, 2.75) is 38.0 Å². The molecule has 1 unspecified atom stereocenters.